The van der Waals surface area contributed by atoms with Gasteiger partial charge in [-0.1, -0.05) is 44.0 Å². The third-order valence-electron chi connectivity index (χ3n) is 5.92. The molecule has 2 aromatic carbocycles. The van der Waals surface area contributed by atoms with E-state index in [4.69, 9.17) is 16.3 Å². The maximum Gasteiger partial charge on any atom is 0.416 e. The van der Waals surface area contributed by atoms with E-state index in [9.17, 15) is 31.2 Å². The minimum absolute atomic E-state index is 0.0797. The fourth-order valence-electron chi connectivity index (χ4n) is 3.87. The molecule has 8 nitrogen and oxygen atoms in total. The van der Waals surface area contributed by atoms with Crippen molar-refractivity contribution in [3.05, 3.63) is 58.6 Å². The number of amides is 2. The number of hydrogen-bond acceptors (Lipinski definition) is 5. The third-order valence-corrected chi connectivity index (χ3v) is 7.37. The molecule has 0 saturated heterocycles. The fraction of sp³-hybridized carbons (Fsp3) is 0.462. The highest BCUT2D eigenvalue weighted by molar-refractivity contribution is 7.92. The van der Waals surface area contributed by atoms with E-state index in [1.165, 1.54) is 12.0 Å². The van der Waals surface area contributed by atoms with Crippen LogP contribution in [0.3, 0.4) is 0 Å². The Bertz CT molecular complexity index is 1260. The van der Waals surface area contributed by atoms with E-state index < -0.39 is 51.9 Å². The molecule has 0 fully saturated rings. The van der Waals surface area contributed by atoms with Crippen LogP contribution in [0.25, 0.3) is 0 Å². The highest BCUT2D eigenvalue weighted by Gasteiger charge is 2.35. The van der Waals surface area contributed by atoms with Gasteiger partial charge in [0.25, 0.3) is 0 Å². The van der Waals surface area contributed by atoms with Crippen LogP contribution in [0.5, 0.6) is 5.75 Å². The van der Waals surface area contributed by atoms with Crippen molar-refractivity contribution in [2.24, 2.45) is 0 Å². The standard InChI is InChI=1S/C26H33ClF3N3O5S/c1-5-7-13-31-25(35)22(6-2)32(16-18-9-8-10-20(14-18)38-3)24(34)17-33(39(4,36)37)23-15-19(26(28,29)30)11-12-21(23)27/h8-12,14-15,22H,5-7,13,16-17H2,1-4H3,(H,31,35)/t22-/m0/s1. The second-order valence-corrected chi connectivity index (χ2v) is 11.2. The lowest BCUT2D eigenvalue weighted by atomic mass is 10.1. The summed E-state index contributed by atoms with van der Waals surface area (Å²) in [4.78, 5) is 28.0. The van der Waals surface area contributed by atoms with Gasteiger partial charge in [0.15, 0.2) is 0 Å². The van der Waals surface area contributed by atoms with Crippen molar-refractivity contribution >= 4 is 39.1 Å². The van der Waals surface area contributed by atoms with Crippen LogP contribution in [-0.4, -0.2) is 57.6 Å². The largest absolute Gasteiger partial charge is 0.497 e. The summed E-state index contributed by atoms with van der Waals surface area (Å²) in [6.45, 7) is 3.10. The quantitative estimate of drug-likeness (QED) is 0.336. The molecule has 2 amide bonds. The molecule has 0 bridgehead atoms. The molecule has 2 aromatic rings. The Kier molecular flexibility index (Phi) is 11.5. The van der Waals surface area contributed by atoms with Gasteiger partial charge in [-0.3, -0.25) is 13.9 Å². The highest BCUT2D eigenvalue weighted by Crippen LogP contribution is 2.36. The van der Waals surface area contributed by atoms with Crippen molar-refractivity contribution in [2.45, 2.75) is 51.9 Å². The predicted octanol–water partition coefficient (Wildman–Crippen LogP) is 4.86. The molecule has 0 aliphatic carbocycles. The van der Waals surface area contributed by atoms with Crippen LogP contribution in [0, 0.1) is 0 Å². The number of unbranched alkanes of at least 4 members (excludes halogenated alkanes) is 1. The number of methoxy groups -OCH3 is 1. The zero-order valence-corrected chi connectivity index (χ0v) is 23.8. The number of carbonyl (C=O) groups excluding carboxylic acids is 2. The first-order valence-corrected chi connectivity index (χ1v) is 14.5. The van der Waals surface area contributed by atoms with Gasteiger partial charge in [-0.15, -0.1) is 0 Å². The van der Waals surface area contributed by atoms with E-state index in [0.717, 1.165) is 31.2 Å². The van der Waals surface area contributed by atoms with Gasteiger partial charge in [-0.25, -0.2) is 8.42 Å². The first-order chi connectivity index (χ1) is 18.2. The molecule has 1 atom stereocenters. The van der Waals surface area contributed by atoms with E-state index in [1.54, 1.807) is 31.2 Å². The number of rotatable bonds is 13. The van der Waals surface area contributed by atoms with Crippen LogP contribution in [0.15, 0.2) is 42.5 Å². The summed E-state index contributed by atoms with van der Waals surface area (Å²) in [6, 6.07) is 8.03. The molecular formula is C26H33ClF3N3O5S. The molecule has 1 N–H and O–H groups in total. The van der Waals surface area contributed by atoms with Gasteiger partial charge in [0.2, 0.25) is 21.8 Å². The van der Waals surface area contributed by atoms with Gasteiger partial charge >= 0.3 is 6.18 Å². The highest BCUT2D eigenvalue weighted by atomic mass is 35.5. The van der Waals surface area contributed by atoms with Gasteiger partial charge < -0.3 is 15.0 Å². The topological polar surface area (TPSA) is 96.0 Å². The van der Waals surface area contributed by atoms with Crippen molar-refractivity contribution in [3.8, 4) is 5.75 Å². The normalized spacial score (nSPS) is 12.5. The molecule has 0 radical (unpaired) electrons. The molecule has 216 valence electrons. The first kappa shape index (κ1) is 32.2. The summed E-state index contributed by atoms with van der Waals surface area (Å²) in [5.74, 6) is -0.715. The van der Waals surface area contributed by atoms with Gasteiger partial charge in [0.05, 0.1) is 29.6 Å². The van der Waals surface area contributed by atoms with E-state index in [1.807, 2.05) is 6.92 Å². The number of nitrogens with one attached hydrogen (secondary N) is 1. The third kappa shape index (κ3) is 9.03. The van der Waals surface area contributed by atoms with Gasteiger partial charge in [-0.05, 0) is 48.7 Å². The Morgan fingerprint density at radius 1 is 1.13 bits per heavy atom. The second kappa shape index (κ2) is 13.9. The SMILES string of the molecule is CCCCNC(=O)[C@H](CC)N(Cc1cccc(OC)c1)C(=O)CN(c1cc(C(F)(F)F)ccc1Cl)S(C)(=O)=O. The van der Waals surface area contributed by atoms with Crippen LogP contribution in [0.2, 0.25) is 5.02 Å². The zero-order chi connectivity index (χ0) is 29.4. The smallest absolute Gasteiger partial charge is 0.416 e. The molecule has 0 aliphatic heterocycles. The van der Waals surface area contributed by atoms with Crippen molar-refractivity contribution in [1.82, 2.24) is 10.2 Å². The van der Waals surface area contributed by atoms with E-state index in [2.05, 4.69) is 5.32 Å². The number of anilines is 1. The number of benzene rings is 2. The maximum atomic E-state index is 13.7. The van der Waals surface area contributed by atoms with Crippen molar-refractivity contribution in [2.75, 3.05) is 30.8 Å². The lowest BCUT2D eigenvalue weighted by Crippen LogP contribution is -2.52. The van der Waals surface area contributed by atoms with Crippen LogP contribution >= 0.6 is 11.6 Å². The number of alkyl halides is 3. The molecule has 0 unspecified atom stereocenters. The van der Waals surface area contributed by atoms with Crippen LogP contribution in [-0.2, 0) is 32.3 Å². The molecular weight excluding hydrogens is 559 g/mol. The summed E-state index contributed by atoms with van der Waals surface area (Å²) in [5.41, 5.74) is -1.02. The Balaban J connectivity index is 2.53. The Morgan fingerprint density at radius 3 is 2.38 bits per heavy atom. The summed E-state index contributed by atoms with van der Waals surface area (Å²) in [6.07, 6.45) is -2.24. The van der Waals surface area contributed by atoms with Gasteiger partial charge in [0.1, 0.15) is 18.3 Å². The summed E-state index contributed by atoms with van der Waals surface area (Å²) in [5, 5.41) is 2.50. The molecule has 0 aliphatic rings. The summed E-state index contributed by atoms with van der Waals surface area (Å²) >= 11 is 6.11. The molecule has 0 heterocycles. The molecule has 13 heteroatoms. The van der Waals surface area contributed by atoms with E-state index in [-0.39, 0.29) is 18.0 Å². The number of nitrogens with zero attached hydrogens (tertiary/aromatic N) is 2. The monoisotopic (exact) mass is 591 g/mol. The number of carbonyl (C=O) groups is 2. The van der Waals surface area contributed by atoms with Gasteiger partial charge in [0, 0.05) is 13.1 Å². The Morgan fingerprint density at radius 2 is 1.82 bits per heavy atom. The number of ether oxygens (including phenoxy) is 1. The summed E-state index contributed by atoms with van der Waals surface area (Å²) in [7, 11) is -2.80. The minimum atomic E-state index is -4.77. The first-order valence-electron chi connectivity index (χ1n) is 12.3. The molecule has 0 spiro atoms. The zero-order valence-electron chi connectivity index (χ0n) is 22.2. The van der Waals surface area contributed by atoms with E-state index in [0.29, 0.717) is 28.2 Å². The fourth-order valence-corrected chi connectivity index (χ4v) is 4.99. The maximum absolute atomic E-state index is 13.7. The van der Waals surface area contributed by atoms with Crippen molar-refractivity contribution < 1.29 is 35.9 Å². The second-order valence-electron chi connectivity index (χ2n) is 8.88. The average Bonchev–Trinajstić information content (AvgIpc) is 2.86. The Hall–Kier alpha value is -2.99. The van der Waals surface area contributed by atoms with Crippen LogP contribution in [0.4, 0.5) is 18.9 Å². The number of hydrogen-bond donors (Lipinski definition) is 1. The average molecular weight is 592 g/mol. The summed E-state index contributed by atoms with van der Waals surface area (Å²) < 4.78 is 71.3. The molecule has 2 rings (SSSR count). The van der Waals surface area contributed by atoms with Crippen LogP contribution < -0.4 is 14.4 Å². The lowest BCUT2D eigenvalue weighted by Gasteiger charge is -2.33. The number of sulfonamides is 1. The molecule has 0 aromatic heterocycles. The minimum Gasteiger partial charge on any atom is -0.497 e. The Labute approximate surface area is 232 Å². The van der Waals surface area contributed by atoms with Crippen LogP contribution in [0.1, 0.15) is 44.2 Å². The predicted molar refractivity (Wildman–Crippen MR) is 144 cm³/mol. The molecule has 0 saturated carbocycles. The van der Waals surface area contributed by atoms with E-state index >= 15 is 0 Å². The van der Waals surface area contributed by atoms with Crippen molar-refractivity contribution in [3.63, 3.8) is 0 Å². The van der Waals surface area contributed by atoms with Crippen molar-refractivity contribution in [1.29, 1.82) is 0 Å². The molecule has 39 heavy (non-hydrogen) atoms. The van der Waals surface area contributed by atoms with Gasteiger partial charge in [-0.2, -0.15) is 13.2 Å². The number of halogens is 4. The lowest BCUT2D eigenvalue weighted by molar-refractivity contribution is -0.140.